The first kappa shape index (κ1) is 10.4. The third-order valence-electron chi connectivity index (χ3n) is 2.33. The van der Waals surface area contributed by atoms with Gasteiger partial charge in [0.2, 0.25) is 0 Å². The van der Waals surface area contributed by atoms with Crippen molar-refractivity contribution in [3.05, 3.63) is 17.7 Å². The van der Waals surface area contributed by atoms with Crippen LogP contribution in [0.3, 0.4) is 0 Å². The molecule has 0 aliphatic carbocycles. The van der Waals surface area contributed by atoms with Gasteiger partial charge in [0.1, 0.15) is 5.82 Å². The smallest absolute Gasteiger partial charge is 0.120 e. The van der Waals surface area contributed by atoms with Crippen molar-refractivity contribution >= 4 is 23.5 Å². The van der Waals surface area contributed by atoms with Gasteiger partial charge in [-0.2, -0.15) is 11.8 Å². The van der Waals surface area contributed by atoms with Crippen molar-refractivity contribution in [2.24, 2.45) is 5.73 Å². The number of nitrogens with two attached hydrogens (primary N) is 1. The lowest BCUT2D eigenvalue weighted by atomic mass is 10.3. The van der Waals surface area contributed by atoms with E-state index < -0.39 is 0 Å². The van der Waals surface area contributed by atoms with Crippen LogP contribution in [0.2, 0.25) is 0 Å². The van der Waals surface area contributed by atoms with Crippen LogP contribution in [0.15, 0.2) is 6.20 Å². The molecule has 0 radical (unpaired) electrons. The van der Waals surface area contributed by atoms with E-state index in [0.717, 1.165) is 11.5 Å². The minimum absolute atomic E-state index is 0.508. The summed E-state index contributed by atoms with van der Waals surface area (Å²) in [5.74, 6) is 3.57. The first-order valence-corrected chi connectivity index (χ1v) is 6.88. The molecule has 1 aliphatic rings. The molecule has 1 fully saturated rings. The fourth-order valence-electron chi connectivity index (χ4n) is 1.56. The number of imidazole rings is 1. The molecule has 2 atom stereocenters. The summed E-state index contributed by atoms with van der Waals surface area (Å²) in [5, 5.41) is 1.15. The van der Waals surface area contributed by atoms with Crippen LogP contribution < -0.4 is 5.73 Å². The second-order valence-electron chi connectivity index (χ2n) is 3.37. The highest BCUT2D eigenvalue weighted by Gasteiger charge is 2.26. The number of rotatable bonds is 2. The molecule has 0 amide bonds. The Labute approximate surface area is 92.6 Å². The molecule has 14 heavy (non-hydrogen) atoms. The van der Waals surface area contributed by atoms with Gasteiger partial charge in [0.15, 0.2) is 0 Å². The van der Waals surface area contributed by atoms with E-state index in [1.165, 1.54) is 11.5 Å². The molecule has 1 aliphatic heterocycles. The van der Waals surface area contributed by atoms with Gasteiger partial charge in [-0.3, -0.25) is 0 Å². The van der Waals surface area contributed by atoms with Gasteiger partial charge < -0.3 is 10.7 Å². The third-order valence-corrected chi connectivity index (χ3v) is 5.42. The summed E-state index contributed by atoms with van der Waals surface area (Å²) in [7, 11) is 0. The standard InChI is InChI=1S/C9H15N3S2/c1-6-8(14-3-2-13-6)9-11-5-7(4-10)12-9/h5-6,8H,2-4,10H2,1H3,(H,11,12). The zero-order valence-electron chi connectivity index (χ0n) is 8.19. The molecule has 0 bridgehead atoms. The maximum Gasteiger partial charge on any atom is 0.120 e. The zero-order valence-corrected chi connectivity index (χ0v) is 9.83. The molecule has 0 spiro atoms. The molecule has 1 aromatic heterocycles. The summed E-state index contributed by atoms with van der Waals surface area (Å²) >= 11 is 4.02. The van der Waals surface area contributed by atoms with E-state index >= 15 is 0 Å². The highest BCUT2D eigenvalue weighted by Crippen LogP contribution is 2.40. The number of thioether (sulfide) groups is 2. The fraction of sp³-hybridized carbons (Fsp3) is 0.667. The normalized spacial score (nSPS) is 27.9. The summed E-state index contributed by atoms with van der Waals surface area (Å²) in [6, 6.07) is 0. The molecule has 0 saturated carbocycles. The van der Waals surface area contributed by atoms with Crippen molar-refractivity contribution < 1.29 is 0 Å². The number of nitrogens with zero attached hydrogens (tertiary/aromatic N) is 1. The number of H-pyrrole nitrogens is 1. The Morgan fingerprint density at radius 1 is 1.57 bits per heavy atom. The Bertz CT molecular complexity index is 300. The van der Waals surface area contributed by atoms with Gasteiger partial charge in [-0.05, 0) is 0 Å². The van der Waals surface area contributed by atoms with Crippen LogP contribution >= 0.6 is 23.5 Å². The number of aromatic amines is 1. The molecule has 3 N–H and O–H groups in total. The molecule has 1 aromatic rings. The third kappa shape index (κ3) is 2.10. The number of aromatic nitrogens is 2. The van der Waals surface area contributed by atoms with Crippen LogP contribution in [0.5, 0.6) is 0 Å². The van der Waals surface area contributed by atoms with Crippen molar-refractivity contribution in [2.75, 3.05) is 11.5 Å². The lowest BCUT2D eigenvalue weighted by molar-refractivity contribution is 0.836. The lowest BCUT2D eigenvalue weighted by Crippen LogP contribution is -2.17. The number of nitrogens with one attached hydrogen (secondary N) is 1. The monoisotopic (exact) mass is 229 g/mol. The Balaban J connectivity index is 2.12. The molecule has 78 valence electrons. The maximum absolute atomic E-state index is 5.54. The van der Waals surface area contributed by atoms with Crippen molar-refractivity contribution in [1.29, 1.82) is 0 Å². The lowest BCUT2D eigenvalue weighted by Gasteiger charge is -2.26. The first-order chi connectivity index (χ1) is 6.81. The predicted molar refractivity (Wildman–Crippen MR) is 63.6 cm³/mol. The highest BCUT2D eigenvalue weighted by molar-refractivity contribution is 8.06. The SMILES string of the molecule is CC1SCCSC1c1ncc(CN)[nH]1. The van der Waals surface area contributed by atoms with Crippen LogP contribution in [-0.4, -0.2) is 26.7 Å². The molecule has 3 nitrogen and oxygen atoms in total. The quantitative estimate of drug-likeness (QED) is 0.811. The average Bonchev–Trinajstić information content (AvgIpc) is 2.67. The van der Waals surface area contributed by atoms with Crippen LogP contribution in [-0.2, 0) is 6.54 Å². The number of hydrogen-bond donors (Lipinski definition) is 2. The van der Waals surface area contributed by atoms with Crippen LogP contribution in [0.1, 0.15) is 23.7 Å². The zero-order chi connectivity index (χ0) is 9.97. The van der Waals surface area contributed by atoms with Crippen LogP contribution in [0.4, 0.5) is 0 Å². The summed E-state index contributed by atoms with van der Waals surface area (Å²) in [6.45, 7) is 2.82. The average molecular weight is 229 g/mol. The Morgan fingerprint density at radius 3 is 3.00 bits per heavy atom. The van der Waals surface area contributed by atoms with Crippen molar-refractivity contribution in [2.45, 2.75) is 24.0 Å². The Hall–Kier alpha value is -0.130. The van der Waals surface area contributed by atoms with E-state index in [9.17, 15) is 0 Å². The summed E-state index contributed by atoms with van der Waals surface area (Å²) < 4.78 is 0. The summed E-state index contributed by atoms with van der Waals surface area (Å²) in [6.07, 6.45) is 1.85. The van der Waals surface area contributed by atoms with Crippen molar-refractivity contribution in [1.82, 2.24) is 9.97 Å². The van der Waals surface area contributed by atoms with Gasteiger partial charge in [-0.25, -0.2) is 4.98 Å². The van der Waals surface area contributed by atoms with E-state index in [0.29, 0.717) is 17.0 Å². The van der Waals surface area contributed by atoms with Crippen molar-refractivity contribution in [3.63, 3.8) is 0 Å². The van der Waals surface area contributed by atoms with E-state index in [2.05, 4.69) is 16.9 Å². The van der Waals surface area contributed by atoms with Gasteiger partial charge in [0, 0.05) is 35.2 Å². The minimum atomic E-state index is 0.508. The van der Waals surface area contributed by atoms with Gasteiger partial charge in [-0.1, -0.05) is 6.92 Å². The minimum Gasteiger partial charge on any atom is -0.344 e. The maximum atomic E-state index is 5.54. The van der Waals surface area contributed by atoms with E-state index in [1.54, 1.807) is 0 Å². The summed E-state index contributed by atoms with van der Waals surface area (Å²) in [5.41, 5.74) is 6.57. The second-order valence-corrected chi connectivity index (χ2v) is 6.10. The summed E-state index contributed by atoms with van der Waals surface area (Å²) in [4.78, 5) is 7.68. The van der Waals surface area contributed by atoms with E-state index in [4.69, 9.17) is 5.73 Å². The molecule has 2 rings (SSSR count). The Morgan fingerprint density at radius 2 is 2.36 bits per heavy atom. The van der Waals surface area contributed by atoms with Crippen molar-refractivity contribution in [3.8, 4) is 0 Å². The first-order valence-electron chi connectivity index (χ1n) is 4.78. The molecule has 1 saturated heterocycles. The second kappa shape index (κ2) is 4.59. The molecule has 2 unspecified atom stereocenters. The molecular weight excluding hydrogens is 214 g/mol. The van der Waals surface area contributed by atoms with Crippen LogP contribution in [0, 0.1) is 0 Å². The van der Waals surface area contributed by atoms with Gasteiger partial charge in [-0.15, -0.1) is 11.8 Å². The van der Waals surface area contributed by atoms with Gasteiger partial charge >= 0.3 is 0 Å². The highest BCUT2D eigenvalue weighted by atomic mass is 32.2. The number of hydrogen-bond acceptors (Lipinski definition) is 4. The van der Waals surface area contributed by atoms with Crippen LogP contribution in [0.25, 0.3) is 0 Å². The molecule has 5 heteroatoms. The predicted octanol–water partition coefficient (Wildman–Crippen LogP) is 1.78. The van der Waals surface area contributed by atoms with E-state index in [1.807, 2.05) is 29.7 Å². The molecular formula is C9H15N3S2. The van der Waals surface area contributed by atoms with Gasteiger partial charge in [0.05, 0.1) is 5.25 Å². The topological polar surface area (TPSA) is 54.7 Å². The molecule has 0 aromatic carbocycles. The largest absolute Gasteiger partial charge is 0.344 e. The Kier molecular flexibility index (Phi) is 3.41. The fourth-order valence-corrected chi connectivity index (χ4v) is 4.28. The molecule has 2 heterocycles. The van der Waals surface area contributed by atoms with E-state index in [-0.39, 0.29) is 0 Å². The van der Waals surface area contributed by atoms with Gasteiger partial charge in [0.25, 0.3) is 0 Å².